The number of anilines is 1. The zero-order valence-corrected chi connectivity index (χ0v) is 14.0. The fourth-order valence-electron chi connectivity index (χ4n) is 3.26. The molecule has 1 aromatic rings. The minimum Gasteiger partial charge on any atom is -0.371 e. The second kappa shape index (κ2) is 6.35. The van der Waals surface area contributed by atoms with E-state index in [1.807, 2.05) is 6.07 Å². The van der Waals surface area contributed by atoms with Crippen LogP contribution < -0.4 is 10.2 Å². The van der Waals surface area contributed by atoms with E-state index in [0.717, 1.165) is 25.2 Å². The molecule has 0 saturated carbocycles. The molecule has 0 aliphatic carbocycles. The van der Waals surface area contributed by atoms with Crippen LogP contribution in [0, 0.1) is 17.2 Å². The van der Waals surface area contributed by atoms with E-state index in [2.05, 4.69) is 44.8 Å². The van der Waals surface area contributed by atoms with Crippen LogP contribution in [0.5, 0.6) is 0 Å². The Balaban J connectivity index is 2.24. The number of hydrogen-bond acceptors (Lipinski definition) is 2. The smallest absolute Gasteiger partial charge is 0.123 e. The number of halogens is 1. The summed E-state index contributed by atoms with van der Waals surface area (Å²) >= 11 is 0. The predicted molar refractivity (Wildman–Crippen MR) is 88.3 cm³/mol. The molecule has 0 amide bonds. The van der Waals surface area contributed by atoms with E-state index in [4.69, 9.17) is 0 Å². The maximum atomic E-state index is 13.7. The minimum absolute atomic E-state index is 0.148. The molecule has 1 fully saturated rings. The molecular formula is C18H29FN2. The molecule has 118 valence electrons. The molecule has 0 bridgehead atoms. The Kier molecular flexibility index (Phi) is 4.92. The minimum atomic E-state index is -0.148. The van der Waals surface area contributed by atoms with Gasteiger partial charge in [0.1, 0.15) is 5.82 Å². The van der Waals surface area contributed by atoms with Crippen molar-refractivity contribution in [2.45, 2.75) is 47.1 Å². The lowest BCUT2D eigenvalue weighted by Crippen LogP contribution is -2.28. The van der Waals surface area contributed by atoms with Crippen LogP contribution in [0.4, 0.5) is 10.1 Å². The molecular weight excluding hydrogens is 263 g/mol. The lowest BCUT2D eigenvalue weighted by Gasteiger charge is -2.29. The van der Waals surface area contributed by atoms with Crippen molar-refractivity contribution in [2.24, 2.45) is 11.3 Å². The second-order valence-electron chi connectivity index (χ2n) is 7.28. The van der Waals surface area contributed by atoms with Crippen molar-refractivity contribution in [3.63, 3.8) is 0 Å². The molecule has 3 heteroatoms. The van der Waals surface area contributed by atoms with Crippen molar-refractivity contribution >= 4 is 5.69 Å². The summed E-state index contributed by atoms with van der Waals surface area (Å²) in [6, 6.07) is 5.40. The lowest BCUT2D eigenvalue weighted by atomic mass is 9.80. The zero-order chi connectivity index (χ0) is 15.6. The Morgan fingerprint density at radius 1 is 1.38 bits per heavy atom. The highest BCUT2D eigenvalue weighted by molar-refractivity contribution is 5.56. The van der Waals surface area contributed by atoms with E-state index in [1.165, 1.54) is 12.1 Å². The lowest BCUT2D eigenvalue weighted by molar-refractivity contribution is 0.263. The van der Waals surface area contributed by atoms with Gasteiger partial charge in [-0.2, -0.15) is 0 Å². The van der Waals surface area contributed by atoms with E-state index in [9.17, 15) is 4.39 Å². The first-order valence-electron chi connectivity index (χ1n) is 8.10. The molecule has 21 heavy (non-hydrogen) atoms. The SMILES string of the molecule is CCNC(C)c1cc(F)ccc1N1CCC(C(C)(C)C)C1. The van der Waals surface area contributed by atoms with Crippen LogP contribution in [0.15, 0.2) is 18.2 Å². The van der Waals surface area contributed by atoms with Gasteiger partial charge in [-0.1, -0.05) is 27.7 Å². The highest BCUT2D eigenvalue weighted by atomic mass is 19.1. The predicted octanol–water partition coefficient (Wildman–Crippen LogP) is 4.37. The van der Waals surface area contributed by atoms with Gasteiger partial charge in [0.2, 0.25) is 0 Å². The summed E-state index contributed by atoms with van der Waals surface area (Å²) in [7, 11) is 0. The maximum absolute atomic E-state index is 13.7. The molecule has 1 saturated heterocycles. The normalized spacial score (nSPS) is 20.9. The third-order valence-corrected chi connectivity index (χ3v) is 4.72. The first kappa shape index (κ1) is 16.3. The highest BCUT2D eigenvalue weighted by Crippen LogP contribution is 2.37. The highest BCUT2D eigenvalue weighted by Gasteiger charge is 2.32. The first-order chi connectivity index (χ1) is 9.82. The summed E-state index contributed by atoms with van der Waals surface area (Å²) in [4.78, 5) is 2.43. The van der Waals surface area contributed by atoms with Crippen molar-refractivity contribution in [1.82, 2.24) is 5.32 Å². The molecule has 1 heterocycles. The largest absolute Gasteiger partial charge is 0.371 e. The van der Waals surface area contributed by atoms with Crippen LogP contribution in [0.25, 0.3) is 0 Å². The topological polar surface area (TPSA) is 15.3 Å². The van der Waals surface area contributed by atoms with E-state index in [0.29, 0.717) is 11.3 Å². The Hall–Kier alpha value is -1.09. The number of nitrogens with zero attached hydrogens (tertiary/aromatic N) is 1. The molecule has 0 spiro atoms. The average Bonchev–Trinajstić information content (AvgIpc) is 2.88. The molecule has 1 aliphatic rings. The quantitative estimate of drug-likeness (QED) is 0.886. The van der Waals surface area contributed by atoms with Crippen molar-refractivity contribution in [3.05, 3.63) is 29.6 Å². The second-order valence-corrected chi connectivity index (χ2v) is 7.28. The molecule has 1 N–H and O–H groups in total. The summed E-state index contributed by atoms with van der Waals surface area (Å²) < 4.78 is 13.7. The third-order valence-electron chi connectivity index (χ3n) is 4.72. The maximum Gasteiger partial charge on any atom is 0.123 e. The summed E-state index contributed by atoms with van der Waals surface area (Å²) in [5.74, 6) is 0.551. The fraction of sp³-hybridized carbons (Fsp3) is 0.667. The summed E-state index contributed by atoms with van der Waals surface area (Å²) in [5.41, 5.74) is 2.60. The summed E-state index contributed by atoms with van der Waals surface area (Å²) in [5, 5.41) is 3.40. The Labute approximate surface area is 128 Å². The van der Waals surface area contributed by atoms with E-state index in [-0.39, 0.29) is 11.9 Å². The van der Waals surface area contributed by atoms with Crippen molar-refractivity contribution in [1.29, 1.82) is 0 Å². The zero-order valence-electron chi connectivity index (χ0n) is 14.0. The standard InChI is InChI=1S/C18H29FN2/c1-6-20-13(2)16-11-15(19)7-8-17(16)21-10-9-14(12-21)18(3,4)5/h7-8,11,13-14,20H,6,9-10,12H2,1-5H3. The molecule has 2 rings (SSSR count). The Bertz CT molecular complexity index is 479. The molecule has 0 radical (unpaired) electrons. The molecule has 2 nitrogen and oxygen atoms in total. The van der Waals surface area contributed by atoms with Crippen LogP contribution in [0.2, 0.25) is 0 Å². The van der Waals surface area contributed by atoms with Crippen LogP contribution in [-0.2, 0) is 0 Å². The van der Waals surface area contributed by atoms with Gasteiger partial charge in [0.05, 0.1) is 0 Å². The molecule has 1 aliphatic heterocycles. The Morgan fingerprint density at radius 3 is 2.67 bits per heavy atom. The van der Waals surface area contributed by atoms with Gasteiger partial charge in [0.15, 0.2) is 0 Å². The van der Waals surface area contributed by atoms with Crippen LogP contribution in [-0.4, -0.2) is 19.6 Å². The monoisotopic (exact) mass is 292 g/mol. The Morgan fingerprint density at radius 2 is 2.10 bits per heavy atom. The van der Waals surface area contributed by atoms with Gasteiger partial charge in [-0.25, -0.2) is 4.39 Å². The number of rotatable bonds is 4. The molecule has 0 aromatic heterocycles. The van der Waals surface area contributed by atoms with Gasteiger partial charge in [0, 0.05) is 24.8 Å². The number of hydrogen-bond donors (Lipinski definition) is 1. The van der Waals surface area contributed by atoms with Gasteiger partial charge in [-0.15, -0.1) is 0 Å². The van der Waals surface area contributed by atoms with Crippen LogP contribution >= 0.6 is 0 Å². The fourth-order valence-corrected chi connectivity index (χ4v) is 3.26. The van der Waals surface area contributed by atoms with Gasteiger partial charge >= 0.3 is 0 Å². The summed E-state index contributed by atoms with van der Waals surface area (Å²) in [6.07, 6.45) is 1.22. The van der Waals surface area contributed by atoms with E-state index in [1.54, 1.807) is 12.1 Å². The van der Waals surface area contributed by atoms with Crippen molar-refractivity contribution in [2.75, 3.05) is 24.5 Å². The van der Waals surface area contributed by atoms with Gasteiger partial charge < -0.3 is 10.2 Å². The van der Waals surface area contributed by atoms with E-state index >= 15 is 0 Å². The number of nitrogens with one attached hydrogen (secondary N) is 1. The van der Waals surface area contributed by atoms with Crippen molar-refractivity contribution in [3.8, 4) is 0 Å². The number of benzene rings is 1. The first-order valence-corrected chi connectivity index (χ1v) is 8.10. The molecule has 2 unspecified atom stereocenters. The van der Waals surface area contributed by atoms with E-state index < -0.39 is 0 Å². The van der Waals surface area contributed by atoms with Crippen LogP contribution in [0.3, 0.4) is 0 Å². The molecule has 1 aromatic carbocycles. The summed E-state index contributed by atoms with van der Waals surface area (Å²) in [6.45, 7) is 14.2. The molecule has 2 atom stereocenters. The van der Waals surface area contributed by atoms with Crippen molar-refractivity contribution < 1.29 is 4.39 Å². The average molecular weight is 292 g/mol. The van der Waals surface area contributed by atoms with Gasteiger partial charge in [0.25, 0.3) is 0 Å². The van der Waals surface area contributed by atoms with Gasteiger partial charge in [-0.3, -0.25) is 0 Å². The van der Waals surface area contributed by atoms with Crippen LogP contribution in [0.1, 0.15) is 52.6 Å². The van der Waals surface area contributed by atoms with Gasteiger partial charge in [-0.05, 0) is 55.0 Å². The third kappa shape index (κ3) is 3.76.